The molecule has 47 heavy (non-hydrogen) atoms. The van der Waals surface area contributed by atoms with Crippen molar-refractivity contribution < 1.29 is 54.7 Å². The molecular weight excluding hydrogens is 608 g/mol. The van der Waals surface area contributed by atoms with Crippen molar-refractivity contribution in [1.29, 1.82) is 0 Å². The van der Waals surface area contributed by atoms with E-state index in [4.69, 9.17) is 14.5 Å². The van der Waals surface area contributed by atoms with Crippen molar-refractivity contribution in [2.45, 2.75) is 130 Å². The van der Waals surface area contributed by atoms with E-state index in [1.165, 1.54) is 0 Å². The first-order valence-corrected chi connectivity index (χ1v) is 17.6. The smallest absolute Gasteiger partial charge is 0.220 e. The summed E-state index contributed by atoms with van der Waals surface area (Å²) < 4.78 is 5.43. The lowest BCUT2D eigenvalue weighted by Gasteiger charge is -2.71. The Morgan fingerprint density at radius 2 is 1.60 bits per heavy atom. The molecule has 0 aromatic heterocycles. The number of allylic oxidation sites excluding steroid dienone is 1. The lowest BCUT2D eigenvalue weighted by Crippen LogP contribution is -2.70. The molecule has 0 spiro atoms. The summed E-state index contributed by atoms with van der Waals surface area (Å²) >= 11 is 0. The third kappa shape index (κ3) is 4.78. The normalized spacial score (nSPS) is 56.1. The van der Waals surface area contributed by atoms with Gasteiger partial charge in [-0.1, -0.05) is 54.0 Å². The first kappa shape index (κ1) is 35.5. The van der Waals surface area contributed by atoms with Gasteiger partial charge in [0, 0.05) is 29.1 Å². The van der Waals surface area contributed by atoms with Gasteiger partial charge in [0.2, 0.25) is 6.29 Å². The van der Waals surface area contributed by atoms with E-state index in [0.29, 0.717) is 38.5 Å². The van der Waals surface area contributed by atoms with Gasteiger partial charge in [-0.15, -0.1) is 0 Å². The Morgan fingerprint density at radius 1 is 0.915 bits per heavy atom. The Balaban J connectivity index is 1.30. The Kier molecular flexibility index (Phi) is 8.80. The highest BCUT2D eigenvalue weighted by molar-refractivity contribution is 5.96. The number of aliphatic hydroxyl groups is 6. The van der Waals surface area contributed by atoms with Crippen LogP contribution in [0.3, 0.4) is 0 Å². The summed E-state index contributed by atoms with van der Waals surface area (Å²) in [5.41, 5.74) is -2.05. The zero-order valence-electron chi connectivity index (χ0n) is 28.9. The van der Waals surface area contributed by atoms with Crippen molar-refractivity contribution in [3.8, 4) is 0 Å². The molecule has 1 aliphatic heterocycles. The van der Waals surface area contributed by atoms with Crippen molar-refractivity contribution in [3.63, 3.8) is 0 Å². The minimum absolute atomic E-state index is 0.0160. The van der Waals surface area contributed by atoms with Crippen LogP contribution < -0.4 is 0 Å². The van der Waals surface area contributed by atoms with Crippen molar-refractivity contribution in [3.05, 3.63) is 11.6 Å². The van der Waals surface area contributed by atoms with Crippen molar-refractivity contribution in [1.82, 2.24) is 0 Å². The number of aliphatic hydroxyl groups excluding tert-OH is 6. The maximum atomic E-state index is 14.6. The first-order valence-electron chi connectivity index (χ1n) is 17.6. The summed E-state index contributed by atoms with van der Waals surface area (Å²) in [7, 11) is 0. The molecule has 266 valence electrons. The highest BCUT2D eigenvalue weighted by Crippen LogP contribution is 2.75. The van der Waals surface area contributed by atoms with Crippen LogP contribution in [0.5, 0.6) is 0 Å². The standard InChI is InChI=1S/C36H56O11/c1-17-18(2)26-19-12-20(38)30-33(4)10-9-24(40)34(5,16-45-47-31-29(44)28(43)27(42)22(15-37)46-31)23(33)8-11-35(30,6)36(19,7)25(41)14-32(26,3)13-21(17)39/h12,17-18,22-31,37,40-44H,8-11,13-16H2,1-7H3/t17-,18-,22+,23?,24-,25-,26-,27+,28-,29+,30+,31-,32+,33-,34?,35+,36-/m0/s1. The summed E-state index contributed by atoms with van der Waals surface area (Å²) in [5, 5.41) is 63.8. The Hall–Kier alpha value is -1.28. The third-order valence-electron chi connectivity index (χ3n) is 15.1. The minimum atomic E-state index is -1.63. The monoisotopic (exact) mass is 664 g/mol. The Labute approximate surface area is 277 Å². The first-order chi connectivity index (χ1) is 21.8. The van der Waals surface area contributed by atoms with E-state index in [1.807, 2.05) is 19.9 Å². The van der Waals surface area contributed by atoms with Crippen molar-refractivity contribution in [2.75, 3.05) is 13.2 Å². The van der Waals surface area contributed by atoms with Gasteiger partial charge < -0.3 is 35.4 Å². The van der Waals surface area contributed by atoms with Crippen LogP contribution in [0.4, 0.5) is 0 Å². The fourth-order valence-corrected chi connectivity index (χ4v) is 12.1. The lowest BCUT2D eigenvalue weighted by atomic mass is 9.32. The maximum absolute atomic E-state index is 14.6. The average molecular weight is 665 g/mol. The molecule has 1 heterocycles. The summed E-state index contributed by atoms with van der Waals surface area (Å²) in [4.78, 5) is 38.7. The zero-order chi connectivity index (χ0) is 34.6. The molecule has 6 rings (SSSR count). The molecule has 11 nitrogen and oxygen atoms in total. The van der Waals surface area contributed by atoms with Crippen LogP contribution in [0.2, 0.25) is 0 Å². The highest BCUT2D eigenvalue weighted by Gasteiger charge is 2.73. The number of ether oxygens (including phenoxy) is 1. The summed E-state index contributed by atoms with van der Waals surface area (Å²) in [6.07, 6.45) is -3.77. The molecule has 11 heteroatoms. The van der Waals surface area contributed by atoms with Crippen LogP contribution in [0.15, 0.2) is 11.6 Å². The zero-order valence-corrected chi connectivity index (χ0v) is 28.9. The van der Waals surface area contributed by atoms with E-state index in [0.717, 1.165) is 5.57 Å². The SMILES string of the molecule is C[C@H]1[C@H](C)C(=O)C[C@]2(C)C[C@H](O)[C@]3(C)C(=CC(=O)[C@@H]4[C@@]5(C)CC[C@H](O)C(C)(COO[C@@H]6O[C@H](CO)[C@@H](O)[C@H](O)[C@H]6O)C5CC[C@]43C)[C@H]12. The number of carbonyl (C=O) groups is 2. The van der Waals surface area contributed by atoms with E-state index in [9.17, 15) is 40.2 Å². The number of hydrogen-bond acceptors (Lipinski definition) is 11. The molecule has 0 amide bonds. The summed E-state index contributed by atoms with van der Waals surface area (Å²) in [6, 6.07) is 0. The molecule has 6 aliphatic rings. The van der Waals surface area contributed by atoms with Crippen molar-refractivity contribution in [2.24, 2.45) is 56.7 Å². The molecule has 0 radical (unpaired) electrons. The topological polar surface area (TPSA) is 183 Å². The highest BCUT2D eigenvalue weighted by atomic mass is 17.2. The molecule has 0 aromatic rings. The van der Waals surface area contributed by atoms with E-state index in [1.54, 1.807) is 0 Å². The molecule has 2 unspecified atom stereocenters. The molecule has 5 fully saturated rings. The molecular formula is C36H56O11. The van der Waals surface area contributed by atoms with E-state index >= 15 is 0 Å². The number of Topliss-reactive ketones (excluding diaryl/α,β-unsaturated/α-hetero) is 1. The van der Waals surface area contributed by atoms with Gasteiger partial charge in [0.05, 0.1) is 25.4 Å². The summed E-state index contributed by atoms with van der Waals surface area (Å²) in [6.45, 7) is 13.9. The Bertz CT molecular complexity index is 1300. The molecule has 0 aromatic carbocycles. The molecule has 4 saturated carbocycles. The second-order valence-electron chi connectivity index (χ2n) is 17.4. The van der Waals surface area contributed by atoms with Crippen LogP contribution in [-0.4, -0.2) is 98.3 Å². The van der Waals surface area contributed by atoms with Crippen LogP contribution in [0, 0.1) is 56.7 Å². The second-order valence-corrected chi connectivity index (χ2v) is 17.4. The van der Waals surface area contributed by atoms with Gasteiger partial charge in [0.25, 0.3) is 0 Å². The predicted molar refractivity (Wildman–Crippen MR) is 168 cm³/mol. The van der Waals surface area contributed by atoms with Gasteiger partial charge in [0.1, 0.15) is 30.2 Å². The van der Waals surface area contributed by atoms with Gasteiger partial charge in [-0.2, -0.15) is 0 Å². The maximum Gasteiger partial charge on any atom is 0.220 e. The van der Waals surface area contributed by atoms with Crippen LogP contribution in [-0.2, 0) is 24.1 Å². The van der Waals surface area contributed by atoms with Gasteiger partial charge >= 0.3 is 0 Å². The van der Waals surface area contributed by atoms with Crippen molar-refractivity contribution >= 4 is 11.6 Å². The average Bonchev–Trinajstić information content (AvgIpc) is 2.99. The quantitative estimate of drug-likeness (QED) is 0.187. The predicted octanol–water partition coefficient (Wildman–Crippen LogP) is 2.08. The van der Waals surface area contributed by atoms with Crippen LogP contribution in [0.25, 0.3) is 0 Å². The number of carbonyl (C=O) groups excluding carboxylic acids is 2. The van der Waals surface area contributed by atoms with Crippen LogP contribution in [0.1, 0.15) is 87.0 Å². The Morgan fingerprint density at radius 3 is 2.26 bits per heavy atom. The minimum Gasteiger partial charge on any atom is -0.394 e. The van der Waals surface area contributed by atoms with Gasteiger partial charge in [-0.05, 0) is 72.2 Å². The number of hydrogen-bond donors (Lipinski definition) is 6. The van der Waals surface area contributed by atoms with E-state index < -0.39 is 82.5 Å². The molecule has 17 atom stereocenters. The van der Waals surface area contributed by atoms with Gasteiger partial charge in [-0.25, -0.2) is 9.78 Å². The summed E-state index contributed by atoms with van der Waals surface area (Å²) in [5.74, 6) is -0.349. The number of ketones is 2. The molecule has 0 bridgehead atoms. The molecule has 6 N–H and O–H groups in total. The van der Waals surface area contributed by atoms with Gasteiger partial charge in [0.15, 0.2) is 5.78 Å². The van der Waals surface area contributed by atoms with Crippen LogP contribution >= 0.6 is 0 Å². The second kappa shape index (κ2) is 11.6. The third-order valence-corrected chi connectivity index (χ3v) is 15.1. The number of rotatable bonds is 5. The van der Waals surface area contributed by atoms with E-state index in [-0.39, 0.29) is 41.8 Å². The fourth-order valence-electron chi connectivity index (χ4n) is 12.1. The van der Waals surface area contributed by atoms with E-state index in [2.05, 4.69) is 34.6 Å². The fraction of sp³-hybridized carbons (Fsp3) is 0.889. The molecule has 1 saturated heterocycles. The number of fused-ring (bicyclic) bond motifs is 7. The lowest BCUT2D eigenvalue weighted by molar-refractivity contribution is -0.436. The van der Waals surface area contributed by atoms with Gasteiger partial charge in [-0.3, -0.25) is 9.59 Å². The largest absolute Gasteiger partial charge is 0.394 e. The molecule has 5 aliphatic carbocycles.